The van der Waals surface area contributed by atoms with E-state index in [1.165, 1.54) is 12.8 Å². The SMILES string of the molecule is CN(c1cccc(Br)n1)[C@H]1CCCNC1.Cl. The summed E-state index contributed by atoms with van der Waals surface area (Å²) in [5, 5.41) is 3.42. The van der Waals surface area contributed by atoms with Crippen LogP contribution in [0.2, 0.25) is 0 Å². The molecule has 0 amide bonds. The van der Waals surface area contributed by atoms with Gasteiger partial charge in [0.2, 0.25) is 0 Å². The summed E-state index contributed by atoms with van der Waals surface area (Å²) in [6.45, 7) is 2.21. The summed E-state index contributed by atoms with van der Waals surface area (Å²) >= 11 is 3.40. The molecule has 0 bridgehead atoms. The third kappa shape index (κ3) is 3.34. The lowest BCUT2D eigenvalue weighted by atomic mass is 10.1. The van der Waals surface area contributed by atoms with Gasteiger partial charge in [-0.2, -0.15) is 0 Å². The van der Waals surface area contributed by atoms with Crippen molar-refractivity contribution in [2.45, 2.75) is 18.9 Å². The molecule has 1 N–H and O–H groups in total. The number of nitrogens with one attached hydrogen (secondary N) is 1. The van der Waals surface area contributed by atoms with E-state index in [9.17, 15) is 0 Å². The molecule has 1 fully saturated rings. The van der Waals surface area contributed by atoms with E-state index in [0.717, 1.165) is 23.5 Å². The number of hydrogen-bond acceptors (Lipinski definition) is 3. The highest BCUT2D eigenvalue weighted by atomic mass is 79.9. The molecule has 1 aliphatic heterocycles. The van der Waals surface area contributed by atoms with E-state index in [2.05, 4.69) is 44.2 Å². The van der Waals surface area contributed by atoms with Gasteiger partial charge in [-0.05, 0) is 47.4 Å². The lowest BCUT2D eigenvalue weighted by Crippen LogP contribution is -2.44. The maximum atomic E-state index is 4.46. The third-order valence-corrected chi connectivity index (χ3v) is 3.32. The molecule has 1 saturated heterocycles. The summed E-state index contributed by atoms with van der Waals surface area (Å²) in [5.41, 5.74) is 0. The second-order valence-corrected chi connectivity index (χ2v) is 4.74. The molecule has 2 rings (SSSR count). The zero-order valence-corrected chi connectivity index (χ0v) is 11.7. The summed E-state index contributed by atoms with van der Waals surface area (Å²) in [4.78, 5) is 6.72. The van der Waals surface area contributed by atoms with Crippen LogP contribution >= 0.6 is 28.3 Å². The largest absolute Gasteiger partial charge is 0.355 e. The Morgan fingerprint density at radius 1 is 1.50 bits per heavy atom. The molecule has 1 aliphatic rings. The summed E-state index contributed by atoms with van der Waals surface area (Å²) < 4.78 is 0.899. The van der Waals surface area contributed by atoms with Gasteiger partial charge in [-0.1, -0.05) is 6.07 Å². The van der Waals surface area contributed by atoms with E-state index in [0.29, 0.717) is 6.04 Å². The van der Waals surface area contributed by atoms with Gasteiger partial charge in [-0.3, -0.25) is 0 Å². The molecule has 0 unspecified atom stereocenters. The first-order valence-electron chi connectivity index (χ1n) is 5.33. The highest BCUT2D eigenvalue weighted by Gasteiger charge is 2.18. The average Bonchev–Trinajstić information content (AvgIpc) is 2.29. The molecule has 0 aromatic carbocycles. The third-order valence-electron chi connectivity index (χ3n) is 2.88. The number of anilines is 1. The number of rotatable bonds is 2. The van der Waals surface area contributed by atoms with E-state index < -0.39 is 0 Å². The van der Waals surface area contributed by atoms with Crippen molar-refractivity contribution in [1.82, 2.24) is 10.3 Å². The number of halogens is 2. The molecule has 1 aromatic rings. The molecule has 0 saturated carbocycles. The topological polar surface area (TPSA) is 28.2 Å². The monoisotopic (exact) mass is 305 g/mol. The van der Waals surface area contributed by atoms with Crippen LogP contribution in [0.1, 0.15) is 12.8 Å². The van der Waals surface area contributed by atoms with Crippen LogP contribution < -0.4 is 10.2 Å². The van der Waals surface area contributed by atoms with Crippen LogP contribution in [0, 0.1) is 0 Å². The van der Waals surface area contributed by atoms with Crippen molar-refractivity contribution in [1.29, 1.82) is 0 Å². The average molecular weight is 307 g/mol. The summed E-state index contributed by atoms with van der Waals surface area (Å²) in [6, 6.07) is 6.61. The quantitative estimate of drug-likeness (QED) is 0.851. The first-order valence-corrected chi connectivity index (χ1v) is 6.13. The molecular formula is C11H17BrClN3. The molecule has 1 atom stereocenters. The Bertz CT molecular complexity index is 329. The van der Waals surface area contributed by atoms with E-state index in [4.69, 9.17) is 0 Å². The van der Waals surface area contributed by atoms with Crippen LogP contribution in [0.4, 0.5) is 5.82 Å². The van der Waals surface area contributed by atoms with Gasteiger partial charge in [0.25, 0.3) is 0 Å². The normalized spacial score (nSPS) is 20.0. The maximum absolute atomic E-state index is 4.46. The number of aromatic nitrogens is 1. The summed E-state index contributed by atoms with van der Waals surface area (Å²) in [6.07, 6.45) is 2.50. The van der Waals surface area contributed by atoms with Crippen LogP contribution in [-0.2, 0) is 0 Å². The fourth-order valence-electron chi connectivity index (χ4n) is 1.95. The molecule has 5 heteroatoms. The van der Waals surface area contributed by atoms with Crippen molar-refractivity contribution in [2.75, 3.05) is 25.0 Å². The van der Waals surface area contributed by atoms with Crippen molar-refractivity contribution in [2.24, 2.45) is 0 Å². The number of likely N-dealkylation sites (N-methyl/N-ethyl adjacent to an activating group) is 1. The van der Waals surface area contributed by atoms with Gasteiger partial charge in [-0.25, -0.2) is 4.98 Å². The second-order valence-electron chi connectivity index (χ2n) is 3.93. The fourth-order valence-corrected chi connectivity index (χ4v) is 2.28. The van der Waals surface area contributed by atoms with Gasteiger partial charge in [0.05, 0.1) is 0 Å². The summed E-state index contributed by atoms with van der Waals surface area (Å²) in [5.74, 6) is 1.04. The van der Waals surface area contributed by atoms with Gasteiger partial charge >= 0.3 is 0 Å². The Hall–Kier alpha value is -0.320. The molecule has 1 aromatic heterocycles. The van der Waals surface area contributed by atoms with E-state index in [1.54, 1.807) is 0 Å². The standard InChI is InChI=1S/C11H16BrN3.ClH/c1-15(9-4-3-7-13-8-9)11-6-2-5-10(12)14-11;/h2,5-6,9,13H,3-4,7-8H2,1H3;1H/t9-;/m0./s1. The minimum absolute atomic E-state index is 0. The highest BCUT2D eigenvalue weighted by Crippen LogP contribution is 2.18. The van der Waals surface area contributed by atoms with Crippen LogP contribution in [0.5, 0.6) is 0 Å². The summed E-state index contributed by atoms with van der Waals surface area (Å²) in [7, 11) is 2.12. The van der Waals surface area contributed by atoms with Gasteiger partial charge in [-0.15, -0.1) is 12.4 Å². The van der Waals surface area contributed by atoms with Gasteiger partial charge in [0.15, 0.2) is 0 Å². The molecular weight excluding hydrogens is 289 g/mol. The lowest BCUT2D eigenvalue weighted by molar-refractivity contribution is 0.443. The predicted molar refractivity (Wildman–Crippen MR) is 73.5 cm³/mol. The molecule has 0 aliphatic carbocycles. The Morgan fingerprint density at radius 3 is 2.94 bits per heavy atom. The van der Waals surface area contributed by atoms with Crippen molar-refractivity contribution in [3.05, 3.63) is 22.8 Å². The van der Waals surface area contributed by atoms with Gasteiger partial charge in [0.1, 0.15) is 10.4 Å². The molecule has 0 radical (unpaired) electrons. The first kappa shape index (κ1) is 13.7. The van der Waals surface area contributed by atoms with Crippen molar-refractivity contribution < 1.29 is 0 Å². The zero-order valence-electron chi connectivity index (χ0n) is 9.32. The Kier molecular flexibility index (Phi) is 5.52. The smallest absolute Gasteiger partial charge is 0.129 e. The number of hydrogen-bond donors (Lipinski definition) is 1. The maximum Gasteiger partial charge on any atom is 0.129 e. The Balaban J connectivity index is 0.00000128. The predicted octanol–water partition coefficient (Wildman–Crippen LogP) is 2.45. The van der Waals surface area contributed by atoms with Crippen LogP contribution in [0.15, 0.2) is 22.8 Å². The lowest BCUT2D eigenvalue weighted by Gasteiger charge is -2.32. The van der Waals surface area contributed by atoms with Crippen molar-refractivity contribution in [3.63, 3.8) is 0 Å². The Morgan fingerprint density at radius 2 is 2.31 bits per heavy atom. The molecule has 3 nitrogen and oxygen atoms in total. The van der Waals surface area contributed by atoms with E-state index in [1.807, 2.05) is 12.1 Å². The molecule has 16 heavy (non-hydrogen) atoms. The van der Waals surface area contributed by atoms with Gasteiger partial charge < -0.3 is 10.2 Å². The minimum atomic E-state index is 0. The number of piperidine rings is 1. The van der Waals surface area contributed by atoms with Gasteiger partial charge in [0, 0.05) is 19.6 Å². The molecule has 0 spiro atoms. The van der Waals surface area contributed by atoms with Crippen LogP contribution in [-0.4, -0.2) is 31.2 Å². The first-order chi connectivity index (χ1) is 7.27. The van der Waals surface area contributed by atoms with Crippen LogP contribution in [0.25, 0.3) is 0 Å². The Labute approximate surface area is 111 Å². The molecule has 2 heterocycles. The molecule has 90 valence electrons. The number of pyridine rings is 1. The van der Waals surface area contributed by atoms with Crippen molar-refractivity contribution in [3.8, 4) is 0 Å². The van der Waals surface area contributed by atoms with E-state index in [-0.39, 0.29) is 12.4 Å². The number of nitrogens with zero attached hydrogens (tertiary/aromatic N) is 2. The second kappa shape index (κ2) is 6.42. The zero-order chi connectivity index (χ0) is 10.7. The fraction of sp³-hybridized carbons (Fsp3) is 0.545. The highest BCUT2D eigenvalue weighted by molar-refractivity contribution is 9.10. The van der Waals surface area contributed by atoms with Crippen LogP contribution in [0.3, 0.4) is 0 Å². The van der Waals surface area contributed by atoms with Crippen molar-refractivity contribution >= 4 is 34.2 Å². The minimum Gasteiger partial charge on any atom is -0.355 e. The van der Waals surface area contributed by atoms with E-state index >= 15 is 0 Å².